The molecule has 0 saturated carbocycles. The van der Waals surface area contributed by atoms with Gasteiger partial charge in [0.25, 0.3) is 0 Å². The van der Waals surface area contributed by atoms with Crippen molar-refractivity contribution in [2.24, 2.45) is 0 Å². The number of aromatic nitrogens is 3. The SMILES string of the molecule is O=C(O)c1nnn(CCN2CCCC2)c1-c1cccs1. The van der Waals surface area contributed by atoms with Crippen LogP contribution in [-0.2, 0) is 6.54 Å². The van der Waals surface area contributed by atoms with Crippen LogP contribution in [0.15, 0.2) is 17.5 Å². The van der Waals surface area contributed by atoms with E-state index in [2.05, 4.69) is 15.2 Å². The van der Waals surface area contributed by atoms with Gasteiger partial charge in [0.1, 0.15) is 5.69 Å². The smallest absolute Gasteiger partial charge is 0.358 e. The minimum absolute atomic E-state index is 0.0360. The van der Waals surface area contributed by atoms with Crippen molar-refractivity contribution in [2.75, 3.05) is 19.6 Å². The van der Waals surface area contributed by atoms with E-state index >= 15 is 0 Å². The summed E-state index contributed by atoms with van der Waals surface area (Å²) in [6.45, 7) is 3.80. The topological polar surface area (TPSA) is 71.2 Å². The van der Waals surface area contributed by atoms with Gasteiger partial charge in [-0.1, -0.05) is 11.3 Å². The molecule has 6 nitrogen and oxygen atoms in total. The van der Waals surface area contributed by atoms with Gasteiger partial charge in [-0.05, 0) is 37.4 Å². The molecule has 3 heterocycles. The number of thiophene rings is 1. The molecule has 0 atom stereocenters. The molecule has 7 heteroatoms. The monoisotopic (exact) mass is 292 g/mol. The number of carboxylic acid groups (broad SMARTS) is 1. The number of rotatable bonds is 5. The zero-order valence-corrected chi connectivity index (χ0v) is 11.8. The van der Waals surface area contributed by atoms with Crippen molar-refractivity contribution in [3.05, 3.63) is 23.2 Å². The third kappa shape index (κ3) is 2.59. The van der Waals surface area contributed by atoms with Crippen LogP contribution in [0.4, 0.5) is 0 Å². The number of carbonyl (C=O) groups is 1. The Morgan fingerprint density at radius 2 is 2.15 bits per heavy atom. The lowest BCUT2D eigenvalue weighted by Gasteiger charge is -2.14. The van der Waals surface area contributed by atoms with Crippen LogP contribution >= 0.6 is 11.3 Å². The van der Waals surface area contributed by atoms with Crippen LogP contribution in [-0.4, -0.2) is 50.6 Å². The first-order valence-corrected chi connectivity index (χ1v) is 7.56. The highest BCUT2D eigenvalue weighted by molar-refractivity contribution is 7.13. The Morgan fingerprint density at radius 1 is 1.35 bits per heavy atom. The van der Waals surface area contributed by atoms with E-state index in [1.54, 1.807) is 4.68 Å². The molecule has 0 amide bonds. The van der Waals surface area contributed by atoms with Crippen LogP contribution in [0.2, 0.25) is 0 Å². The number of nitrogens with zero attached hydrogens (tertiary/aromatic N) is 4. The van der Waals surface area contributed by atoms with E-state index in [-0.39, 0.29) is 5.69 Å². The lowest BCUT2D eigenvalue weighted by molar-refractivity contribution is 0.0691. The zero-order valence-electron chi connectivity index (χ0n) is 11.0. The Bertz CT molecular complexity index is 588. The molecular formula is C13H16N4O2S. The fourth-order valence-electron chi connectivity index (χ4n) is 2.51. The van der Waals surface area contributed by atoms with Crippen LogP contribution in [0.25, 0.3) is 10.6 Å². The van der Waals surface area contributed by atoms with Gasteiger partial charge in [-0.15, -0.1) is 16.4 Å². The van der Waals surface area contributed by atoms with Crippen LogP contribution in [0.3, 0.4) is 0 Å². The maximum Gasteiger partial charge on any atom is 0.358 e. The summed E-state index contributed by atoms with van der Waals surface area (Å²) in [5, 5.41) is 19.0. The van der Waals surface area contributed by atoms with Gasteiger partial charge >= 0.3 is 5.97 Å². The highest BCUT2D eigenvalue weighted by Crippen LogP contribution is 2.27. The summed E-state index contributed by atoms with van der Waals surface area (Å²) in [5.41, 5.74) is 0.653. The highest BCUT2D eigenvalue weighted by Gasteiger charge is 2.22. The minimum atomic E-state index is -1.03. The van der Waals surface area contributed by atoms with E-state index in [0.29, 0.717) is 12.2 Å². The van der Waals surface area contributed by atoms with Gasteiger partial charge in [-0.2, -0.15) is 0 Å². The predicted molar refractivity (Wildman–Crippen MR) is 76.0 cm³/mol. The average molecular weight is 292 g/mol. The van der Waals surface area contributed by atoms with Crippen molar-refractivity contribution in [3.63, 3.8) is 0 Å². The van der Waals surface area contributed by atoms with Crippen molar-refractivity contribution in [1.29, 1.82) is 0 Å². The molecule has 0 spiro atoms. The first kappa shape index (κ1) is 13.3. The fraction of sp³-hybridized carbons (Fsp3) is 0.462. The second kappa shape index (κ2) is 5.72. The summed E-state index contributed by atoms with van der Waals surface area (Å²) in [4.78, 5) is 14.5. The molecule has 2 aromatic rings. The lowest BCUT2D eigenvalue weighted by Crippen LogP contribution is -2.24. The van der Waals surface area contributed by atoms with E-state index in [9.17, 15) is 9.90 Å². The minimum Gasteiger partial charge on any atom is -0.476 e. The molecule has 1 saturated heterocycles. The fourth-order valence-corrected chi connectivity index (χ4v) is 3.29. The molecule has 0 aromatic carbocycles. The molecular weight excluding hydrogens is 276 g/mol. The summed E-state index contributed by atoms with van der Waals surface area (Å²) < 4.78 is 1.72. The van der Waals surface area contributed by atoms with Gasteiger partial charge < -0.3 is 10.0 Å². The van der Waals surface area contributed by atoms with Crippen molar-refractivity contribution >= 4 is 17.3 Å². The van der Waals surface area contributed by atoms with Crippen LogP contribution < -0.4 is 0 Å². The molecule has 106 valence electrons. The first-order valence-electron chi connectivity index (χ1n) is 6.69. The van der Waals surface area contributed by atoms with Gasteiger partial charge in [0.15, 0.2) is 5.69 Å². The molecule has 1 aliphatic rings. The second-order valence-corrected chi connectivity index (χ2v) is 5.79. The summed E-state index contributed by atoms with van der Waals surface area (Å²) in [7, 11) is 0. The largest absolute Gasteiger partial charge is 0.476 e. The van der Waals surface area contributed by atoms with Gasteiger partial charge in [0.05, 0.1) is 11.4 Å². The molecule has 1 fully saturated rings. The standard InChI is InChI=1S/C13H16N4O2S/c18-13(19)11-12(10-4-3-9-20-10)17(15-14-11)8-7-16-5-1-2-6-16/h3-4,9H,1-2,5-8H2,(H,18,19). The number of hydrogen-bond donors (Lipinski definition) is 1. The molecule has 20 heavy (non-hydrogen) atoms. The Kier molecular flexibility index (Phi) is 3.79. The summed E-state index contributed by atoms with van der Waals surface area (Å²) in [6.07, 6.45) is 2.49. The number of aromatic carboxylic acids is 1. The summed E-state index contributed by atoms with van der Waals surface area (Å²) in [5.74, 6) is -1.03. The van der Waals surface area contributed by atoms with E-state index in [0.717, 1.165) is 24.5 Å². The third-order valence-corrected chi connectivity index (χ3v) is 4.40. The predicted octanol–water partition coefficient (Wildman–Crippen LogP) is 1.80. The summed E-state index contributed by atoms with van der Waals surface area (Å²) >= 11 is 1.51. The van der Waals surface area contributed by atoms with E-state index in [1.807, 2.05) is 17.5 Å². The average Bonchev–Trinajstić information content (AvgIpc) is 3.17. The van der Waals surface area contributed by atoms with Gasteiger partial charge in [-0.25, -0.2) is 9.48 Å². The maximum absolute atomic E-state index is 11.3. The van der Waals surface area contributed by atoms with Crippen molar-refractivity contribution < 1.29 is 9.90 Å². The van der Waals surface area contributed by atoms with Crippen LogP contribution in [0.5, 0.6) is 0 Å². The Labute approximate surface area is 120 Å². The normalized spacial score (nSPS) is 15.8. The molecule has 0 aliphatic carbocycles. The third-order valence-electron chi connectivity index (χ3n) is 3.52. The molecule has 0 radical (unpaired) electrons. The van der Waals surface area contributed by atoms with Gasteiger partial charge in [-0.3, -0.25) is 0 Å². The second-order valence-electron chi connectivity index (χ2n) is 4.84. The van der Waals surface area contributed by atoms with Crippen LogP contribution in [0.1, 0.15) is 23.3 Å². The quantitative estimate of drug-likeness (QED) is 0.910. The van der Waals surface area contributed by atoms with Crippen molar-refractivity contribution in [1.82, 2.24) is 19.9 Å². The van der Waals surface area contributed by atoms with Crippen molar-refractivity contribution in [3.8, 4) is 10.6 Å². The maximum atomic E-state index is 11.3. The Hall–Kier alpha value is -1.73. The molecule has 0 unspecified atom stereocenters. The van der Waals surface area contributed by atoms with E-state index < -0.39 is 5.97 Å². The first-order chi connectivity index (χ1) is 9.75. The molecule has 1 N–H and O–H groups in total. The number of hydrogen-bond acceptors (Lipinski definition) is 5. The van der Waals surface area contributed by atoms with Crippen LogP contribution in [0, 0.1) is 0 Å². The molecule has 3 rings (SSSR count). The van der Waals surface area contributed by atoms with E-state index in [1.165, 1.54) is 24.2 Å². The number of carboxylic acids is 1. The van der Waals surface area contributed by atoms with Gasteiger partial charge in [0.2, 0.25) is 0 Å². The lowest BCUT2D eigenvalue weighted by atomic mass is 10.2. The zero-order chi connectivity index (χ0) is 13.9. The van der Waals surface area contributed by atoms with Gasteiger partial charge in [0, 0.05) is 6.54 Å². The molecule has 1 aliphatic heterocycles. The number of likely N-dealkylation sites (tertiary alicyclic amines) is 1. The Balaban J connectivity index is 1.84. The molecule has 0 bridgehead atoms. The molecule has 2 aromatic heterocycles. The summed E-state index contributed by atoms with van der Waals surface area (Å²) in [6, 6.07) is 3.81. The Morgan fingerprint density at radius 3 is 2.80 bits per heavy atom. The van der Waals surface area contributed by atoms with E-state index in [4.69, 9.17) is 0 Å². The van der Waals surface area contributed by atoms with Crippen molar-refractivity contribution in [2.45, 2.75) is 19.4 Å². The highest BCUT2D eigenvalue weighted by atomic mass is 32.1.